The Morgan fingerprint density at radius 1 is 1.29 bits per heavy atom. The maximum Gasteiger partial charge on any atom is 0.123 e. The lowest BCUT2D eigenvalue weighted by Gasteiger charge is -2.34. The molecule has 1 heterocycles. The number of rotatable bonds is 5. The van der Waals surface area contributed by atoms with E-state index in [4.69, 9.17) is 16.3 Å². The summed E-state index contributed by atoms with van der Waals surface area (Å²) in [6.45, 7) is 1.54. The lowest BCUT2D eigenvalue weighted by Crippen LogP contribution is -2.45. The third-order valence-corrected chi connectivity index (χ3v) is 4.70. The van der Waals surface area contributed by atoms with Gasteiger partial charge in [-0.3, -0.25) is 0 Å². The smallest absolute Gasteiger partial charge is 0.123 e. The van der Waals surface area contributed by atoms with Crippen molar-refractivity contribution in [2.75, 3.05) is 13.7 Å². The van der Waals surface area contributed by atoms with E-state index in [0.29, 0.717) is 12.3 Å². The second kappa shape index (κ2) is 7.97. The quantitative estimate of drug-likeness (QED) is 0.854. The maximum atomic E-state index is 13.5. The average Bonchev–Trinajstić information content (AvgIpc) is 2.60. The molecule has 0 amide bonds. The lowest BCUT2D eigenvalue weighted by molar-refractivity contribution is 0.302. The molecule has 0 unspecified atom stereocenters. The van der Waals surface area contributed by atoms with Gasteiger partial charge in [0.2, 0.25) is 0 Å². The molecule has 0 aromatic heterocycles. The van der Waals surface area contributed by atoms with Crippen molar-refractivity contribution in [1.29, 1.82) is 0 Å². The Kier molecular flexibility index (Phi) is 5.72. The third-order valence-electron chi connectivity index (χ3n) is 4.46. The minimum absolute atomic E-state index is 0.192. The molecule has 1 fully saturated rings. The Labute approximate surface area is 147 Å². The van der Waals surface area contributed by atoms with Gasteiger partial charge in [0.25, 0.3) is 0 Å². The predicted octanol–water partition coefficient (Wildman–Crippen LogP) is 4.07. The molecule has 5 heteroatoms. The van der Waals surface area contributed by atoms with E-state index in [-0.39, 0.29) is 17.9 Å². The van der Waals surface area contributed by atoms with Gasteiger partial charge in [-0.2, -0.15) is 0 Å². The summed E-state index contributed by atoms with van der Waals surface area (Å²) in [5.41, 5.74) is 2.00. The minimum Gasteiger partial charge on any atom is -0.496 e. The highest BCUT2D eigenvalue weighted by Gasteiger charge is 2.26. The largest absolute Gasteiger partial charge is 0.496 e. The van der Waals surface area contributed by atoms with E-state index in [1.54, 1.807) is 13.2 Å². The standard InChI is InChI=1S/C19H22ClFN2O/c1-24-18-8-7-16(21)11-14(18)12-23-17-6-3-9-22-19(17)13-4-2-5-15(20)10-13/h2,4-5,7-8,10-11,17,19,22-23H,3,6,9,12H2,1H3/t17-,19-/m1/s1. The van der Waals surface area contributed by atoms with Crippen LogP contribution in [0.1, 0.15) is 30.0 Å². The number of piperidine rings is 1. The highest BCUT2D eigenvalue weighted by Crippen LogP contribution is 2.27. The number of benzene rings is 2. The van der Waals surface area contributed by atoms with Gasteiger partial charge < -0.3 is 15.4 Å². The fraction of sp³-hybridized carbons (Fsp3) is 0.368. The Morgan fingerprint density at radius 3 is 2.96 bits per heavy atom. The van der Waals surface area contributed by atoms with Crippen LogP contribution in [-0.2, 0) is 6.54 Å². The van der Waals surface area contributed by atoms with Crippen LogP contribution in [-0.4, -0.2) is 19.7 Å². The molecule has 1 aliphatic rings. The van der Waals surface area contributed by atoms with Crippen LogP contribution >= 0.6 is 11.6 Å². The van der Waals surface area contributed by atoms with Gasteiger partial charge in [0.1, 0.15) is 11.6 Å². The zero-order valence-electron chi connectivity index (χ0n) is 13.7. The van der Waals surface area contributed by atoms with Crippen molar-refractivity contribution in [3.63, 3.8) is 0 Å². The van der Waals surface area contributed by atoms with Crippen molar-refractivity contribution in [1.82, 2.24) is 10.6 Å². The van der Waals surface area contributed by atoms with Crippen LogP contribution in [0.4, 0.5) is 4.39 Å². The number of hydrogen-bond acceptors (Lipinski definition) is 3. The first-order valence-corrected chi connectivity index (χ1v) is 8.60. The van der Waals surface area contributed by atoms with E-state index in [9.17, 15) is 4.39 Å². The summed E-state index contributed by atoms with van der Waals surface area (Å²) in [6, 6.07) is 13.0. The minimum atomic E-state index is -0.249. The van der Waals surface area contributed by atoms with E-state index < -0.39 is 0 Å². The fourth-order valence-electron chi connectivity index (χ4n) is 3.28. The van der Waals surface area contributed by atoms with Gasteiger partial charge in [-0.05, 0) is 55.3 Å². The SMILES string of the molecule is COc1ccc(F)cc1CN[C@@H]1CCCN[C@@H]1c1cccc(Cl)c1. The molecule has 128 valence electrons. The molecule has 24 heavy (non-hydrogen) atoms. The van der Waals surface area contributed by atoms with Crippen molar-refractivity contribution in [2.24, 2.45) is 0 Å². The van der Waals surface area contributed by atoms with Crippen molar-refractivity contribution < 1.29 is 9.13 Å². The fourth-order valence-corrected chi connectivity index (χ4v) is 3.48. The molecule has 1 aliphatic heterocycles. The van der Waals surface area contributed by atoms with Crippen LogP contribution in [0.15, 0.2) is 42.5 Å². The van der Waals surface area contributed by atoms with Gasteiger partial charge in [0.05, 0.1) is 7.11 Å². The monoisotopic (exact) mass is 348 g/mol. The molecule has 3 nitrogen and oxygen atoms in total. The van der Waals surface area contributed by atoms with Crippen molar-refractivity contribution in [3.8, 4) is 5.75 Å². The molecule has 2 N–H and O–H groups in total. The van der Waals surface area contributed by atoms with Crippen LogP contribution in [0, 0.1) is 5.82 Å². The number of hydrogen-bond donors (Lipinski definition) is 2. The molecule has 1 saturated heterocycles. The zero-order chi connectivity index (χ0) is 16.9. The van der Waals surface area contributed by atoms with E-state index in [1.807, 2.05) is 18.2 Å². The first kappa shape index (κ1) is 17.2. The highest BCUT2D eigenvalue weighted by atomic mass is 35.5. The van der Waals surface area contributed by atoms with Crippen LogP contribution < -0.4 is 15.4 Å². The van der Waals surface area contributed by atoms with Gasteiger partial charge in [-0.15, -0.1) is 0 Å². The van der Waals surface area contributed by atoms with Gasteiger partial charge in [-0.25, -0.2) is 4.39 Å². The van der Waals surface area contributed by atoms with Crippen LogP contribution in [0.5, 0.6) is 5.75 Å². The molecule has 0 bridgehead atoms. The molecule has 0 spiro atoms. The maximum absolute atomic E-state index is 13.5. The topological polar surface area (TPSA) is 33.3 Å². The van der Waals surface area contributed by atoms with Gasteiger partial charge in [0.15, 0.2) is 0 Å². The summed E-state index contributed by atoms with van der Waals surface area (Å²) >= 11 is 6.14. The summed E-state index contributed by atoms with van der Waals surface area (Å²) in [5, 5.41) is 7.86. The normalized spacial score (nSPS) is 20.8. The Bertz CT molecular complexity index is 695. The van der Waals surface area contributed by atoms with E-state index >= 15 is 0 Å². The zero-order valence-corrected chi connectivity index (χ0v) is 14.4. The Morgan fingerprint density at radius 2 is 2.17 bits per heavy atom. The molecular formula is C19H22ClFN2O. The second-order valence-corrected chi connectivity index (χ2v) is 6.51. The summed E-state index contributed by atoms with van der Waals surface area (Å²) in [6.07, 6.45) is 2.16. The van der Waals surface area contributed by atoms with Gasteiger partial charge in [0, 0.05) is 29.2 Å². The molecular weight excluding hydrogens is 327 g/mol. The number of methoxy groups -OCH3 is 1. The summed E-state index contributed by atoms with van der Waals surface area (Å²) in [7, 11) is 1.60. The second-order valence-electron chi connectivity index (χ2n) is 6.07. The van der Waals surface area contributed by atoms with Gasteiger partial charge >= 0.3 is 0 Å². The molecule has 0 radical (unpaired) electrons. The van der Waals surface area contributed by atoms with Crippen LogP contribution in [0.2, 0.25) is 5.02 Å². The first-order chi connectivity index (χ1) is 11.7. The Balaban J connectivity index is 1.74. The first-order valence-electron chi connectivity index (χ1n) is 8.22. The van der Waals surface area contributed by atoms with E-state index in [0.717, 1.165) is 30.0 Å². The van der Waals surface area contributed by atoms with Crippen molar-refractivity contribution in [2.45, 2.75) is 31.5 Å². The van der Waals surface area contributed by atoms with E-state index in [1.165, 1.54) is 17.7 Å². The van der Waals surface area contributed by atoms with E-state index in [2.05, 4.69) is 16.7 Å². The third kappa shape index (κ3) is 4.07. The highest BCUT2D eigenvalue weighted by molar-refractivity contribution is 6.30. The molecule has 2 aromatic carbocycles. The number of ether oxygens (including phenoxy) is 1. The van der Waals surface area contributed by atoms with Crippen LogP contribution in [0.25, 0.3) is 0 Å². The van der Waals surface area contributed by atoms with Crippen LogP contribution in [0.3, 0.4) is 0 Å². The molecule has 0 aliphatic carbocycles. The molecule has 2 aromatic rings. The molecule has 2 atom stereocenters. The van der Waals surface area contributed by atoms with Crippen molar-refractivity contribution in [3.05, 3.63) is 64.4 Å². The molecule has 0 saturated carbocycles. The molecule has 3 rings (SSSR count). The summed E-state index contributed by atoms with van der Waals surface area (Å²) in [5.74, 6) is 0.452. The summed E-state index contributed by atoms with van der Waals surface area (Å²) < 4.78 is 18.9. The predicted molar refractivity (Wildman–Crippen MR) is 95.0 cm³/mol. The van der Waals surface area contributed by atoms with Gasteiger partial charge in [-0.1, -0.05) is 23.7 Å². The average molecular weight is 349 g/mol. The Hall–Kier alpha value is -1.62. The number of halogens is 2. The lowest BCUT2D eigenvalue weighted by atomic mass is 9.92. The number of nitrogens with one attached hydrogen (secondary N) is 2. The summed E-state index contributed by atoms with van der Waals surface area (Å²) in [4.78, 5) is 0. The van der Waals surface area contributed by atoms with Crippen molar-refractivity contribution >= 4 is 11.6 Å².